The van der Waals surface area contributed by atoms with E-state index in [1.807, 2.05) is 0 Å². The molecular weight excluding hydrogens is 232 g/mol. The molecule has 94 valence electrons. The second kappa shape index (κ2) is 4.98. The summed E-state index contributed by atoms with van der Waals surface area (Å²) in [5, 5.41) is 9.39. The molecule has 0 radical (unpaired) electrons. The molecule has 2 aliphatic rings. The van der Waals surface area contributed by atoms with Gasteiger partial charge in [-0.2, -0.15) is 11.8 Å². The second-order valence-corrected chi connectivity index (χ2v) is 6.46. The fourth-order valence-corrected chi connectivity index (χ4v) is 4.13. The van der Waals surface area contributed by atoms with Crippen LogP contribution in [0.2, 0.25) is 0 Å². The average molecular weight is 252 g/mol. The predicted octanol–water partition coefficient (Wildman–Crippen LogP) is 1.90. The van der Waals surface area contributed by atoms with E-state index in [-0.39, 0.29) is 6.17 Å². The van der Waals surface area contributed by atoms with Crippen molar-refractivity contribution in [3.63, 3.8) is 0 Å². The van der Waals surface area contributed by atoms with E-state index in [0.29, 0.717) is 0 Å². The van der Waals surface area contributed by atoms with Crippen LogP contribution >= 0.6 is 11.8 Å². The summed E-state index contributed by atoms with van der Waals surface area (Å²) < 4.78 is 2.19. The first-order valence-corrected chi connectivity index (χ1v) is 7.69. The molecule has 2 N–H and O–H groups in total. The Balaban J connectivity index is 1.76. The quantitative estimate of drug-likeness (QED) is 0.873. The van der Waals surface area contributed by atoms with Gasteiger partial charge in [-0.3, -0.25) is 4.57 Å². The van der Waals surface area contributed by atoms with Gasteiger partial charge in [0, 0.05) is 18.1 Å². The Kier molecular flexibility index (Phi) is 3.38. The van der Waals surface area contributed by atoms with Crippen LogP contribution in [0.4, 0.5) is 0 Å². The molecule has 5 heteroatoms. The molecular formula is C12H20N4S. The van der Waals surface area contributed by atoms with Gasteiger partial charge in [-0.1, -0.05) is 6.42 Å². The van der Waals surface area contributed by atoms with E-state index in [1.54, 1.807) is 0 Å². The van der Waals surface area contributed by atoms with E-state index >= 15 is 0 Å². The summed E-state index contributed by atoms with van der Waals surface area (Å²) in [5.41, 5.74) is 6.17. The molecule has 0 aromatic carbocycles. The molecule has 3 rings (SSSR count). The minimum atomic E-state index is 0.109. The van der Waals surface area contributed by atoms with Gasteiger partial charge in [-0.05, 0) is 31.4 Å². The summed E-state index contributed by atoms with van der Waals surface area (Å²) in [5.74, 6) is 3.52. The molecule has 0 spiro atoms. The van der Waals surface area contributed by atoms with Crippen molar-refractivity contribution in [2.24, 2.45) is 5.73 Å². The number of aryl methyl sites for hydroxylation is 1. The molecule has 17 heavy (non-hydrogen) atoms. The molecule has 1 aromatic heterocycles. The number of hydrogen-bond donors (Lipinski definition) is 1. The molecule has 3 heterocycles. The molecule has 0 aliphatic carbocycles. The summed E-state index contributed by atoms with van der Waals surface area (Å²) in [6.45, 7) is 0. The Bertz CT molecular complexity index is 384. The fourth-order valence-electron chi connectivity index (χ4n) is 2.82. The first-order valence-electron chi connectivity index (χ1n) is 6.64. The molecule has 1 fully saturated rings. The van der Waals surface area contributed by atoms with Gasteiger partial charge in [0.25, 0.3) is 0 Å². The third-order valence-electron chi connectivity index (χ3n) is 3.75. The molecule has 2 atom stereocenters. The van der Waals surface area contributed by atoms with E-state index in [2.05, 4.69) is 26.5 Å². The van der Waals surface area contributed by atoms with Crippen LogP contribution in [0.15, 0.2) is 0 Å². The Hall–Kier alpha value is -0.550. The van der Waals surface area contributed by atoms with Crippen LogP contribution in [-0.4, -0.2) is 25.8 Å². The molecule has 0 amide bonds. The zero-order valence-corrected chi connectivity index (χ0v) is 11.0. The second-order valence-electron chi connectivity index (χ2n) is 5.05. The van der Waals surface area contributed by atoms with Gasteiger partial charge < -0.3 is 5.73 Å². The van der Waals surface area contributed by atoms with E-state index in [9.17, 15) is 0 Å². The van der Waals surface area contributed by atoms with Crippen LogP contribution in [0, 0.1) is 0 Å². The number of rotatable bonds is 2. The largest absolute Gasteiger partial charge is 0.311 e. The maximum absolute atomic E-state index is 6.17. The number of aromatic nitrogens is 3. The van der Waals surface area contributed by atoms with Gasteiger partial charge in [0.1, 0.15) is 11.6 Å². The smallest absolute Gasteiger partial charge is 0.135 e. The van der Waals surface area contributed by atoms with Crippen molar-refractivity contribution in [3.8, 4) is 0 Å². The zero-order chi connectivity index (χ0) is 11.7. The van der Waals surface area contributed by atoms with Gasteiger partial charge in [-0.15, -0.1) is 10.2 Å². The topological polar surface area (TPSA) is 56.7 Å². The highest BCUT2D eigenvalue weighted by Crippen LogP contribution is 2.29. The monoisotopic (exact) mass is 252 g/mol. The fraction of sp³-hybridized carbons (Fsp3) is 0.833. The number of nitrogens with zero attached hydrogens (tertiary/aromatic N) is 3. The van der Waals surface area contributed by atoms with Crippen LogP contribution < -0.4 is 5.73 Å². The van der Waals surface area contributed by atoms with Crippen molar-refractivity contribution in [1.82, 2.24) is 14.8 Å². The highest BCUT2D eigenvalue weighted by molar-refractivity contribution is 7.99. The van der Waals surface area contributed by atoms with Gasteiger partial charge in [-0.25, -0.2) is 0 Å². The summed E-state index contributed by atoms with van der Waals surface area (Å²) in [6.07, 6.45) is 8.47. The van der Waals surface area contributed by atoms with Crippen molar-refractivity contribution in [2.45, 2.75) is 56.4 Å². The number of hydrogen-bond acceptors (Lipinski definition) is 4. The maximum atomic E-state index is 6.17. The van der Waals surface area contributed by atoms with Crippen LogP contribution in [0.25, 0.3) is 0 Å². The van der Waals surface area contributed by atoms with Crippen LogP contribution in [-0.2, 0) is 12.8 Å². The van der Waals surface area contributed by atoms with Gasteiger partial charge in [0.05, 0.1) is 6.17 Å². The normalized spacial score (nSPS) is 29.0. The van der Waals surface area contributed by atoms with Crippen molar-refractivity contribution in [2.75, 3.05) is 5.75 Å². The molecule has 0 saturated carbocycles. The lowest BCUT2D eigenvalue weighted by molar-refractivity contribution is 0.395. The van der Waals surface area contributed by atoms with Gasteiger partial charge in [0.15, 0.2) is 0 Å². The van der Waals surface area contributed by atoms with Crippen molar-refractivity contribution >= 4 is 11.8 Å². The number of fused-ring (bicyclic) bond motifs is 1. The zero-order valence-electron chi connectivity index (χ0n) is 10.1. The maximum Gasteiger partial charge on any atom is 0.135 e. The standard InChI is InChI=1S/C12H20N4S/c13-10-5-3-6-11-14-15-12(16(10)11)8-9-4-1-2-7-17-9/h9-10H,1-8,13H2. The first-order chi connectivity index (χ1) is 8.34. The third kappa shape index (κ3) is 2.36. The highest BCUT2D eigenvalue weighted by atomic mass is 32.2. The lowest BCUT2D eigenvalue weighted by Gasteiger charge is -2.25. The summed E-state index contributed by atoms with van der Waals surface area (Å²) >= 11 is 2.09. The highest BCUT2D eigenvalue weighted by Gasteiger charge is 2.24. The molecule has 1 aromatic rings. The lowest BCUT2D eigenvalue weighted by atomic mass is 10.1. The Labute approximate surface area is 106 Å². The molecule has 2 aliphatic heterocycles. The summed E-state index contributed by atoms with van der Waals surface area (Å²) in [4.78, 5) is 0. The minimum Gasteiger partial charge on any atom is -0.311 e. The van der Waals surface area contributed by atoms with Crippen molar-refractivity contribution in [3.05, 3.63) is 11.6 Å². The van der Waals surface area contributed by atoms with E-state index in [4.69, 9.17) is 5.73 Å². The van der Waals surface area contributed by atoms with Crippen molar-refractivity contribution < 1.29 is 0 Å². The number of thioether (sulfide) groups is 1. The minimum absolute atomic E-state index is 0.109. The first kappa shape index (κ1) is 11.5. The van der Waals surface area contributed by atoms with E-state index in [1.165, 1.54) is 25.0 Å². The SMILES string of the molecule is NC1CCCc2nnc(CC3CCCCS3)n21. The van der Waals surface area contributed by atoms with E-state index in [0.717, 1.165) is 42.6 Å². The van der Waals surface area contributed by atoms with Gasteiger partial charge >= 0.3 is 0 Å². The van der Waals surface area contributed by atoms with Crippen LogP contribution in [0.5, 0.6) is 0 Å². The third-order valence-corrected chi connectivity index (χ3v) is 5.15. The molecule has 1 saturated heterocycles. The molecule has 0 bridgehead atoms. The van der Waals surface area contributed by atoms with Crippen molar-refractivity contribution in [1.29, 1.82) is 0 Å². The predicted molar refractivity (Wildman–Crippen MR) is 70.0 cm³/mol. The molecule has 2 unspecified atom stereocenters. The van der Waals surface area contributed by atoms with Crippen LogP contribution in [0.1, 0.15) is 49.9 Å². The van der Waals surface area contributed by atoms with Gasteiger partial charge in [0.2, 0.25) is 0 Å². The number of nitrogens with two attached hydrogens (primary N) is 1. The van der Waals surface area contributed by atoms with E-state index < -0.39 is 0 Å². The Morgan fingerprint density at radius 2 is 2.18 bits per heavy atom. The summed E-state index contributed by atoms with van der Waals surface area (Å²) in [6, 6.07) is 0. The average Bonchev–Trinajstić information content (AvgIpc) is 2.75. The van der Waals surface area contributed by atoms with Crippen LogP contribution in [0.3, 0.4) is 0 Å². The lowest BCUT2D eigenvalue weighted by Crippen LogP contribution is -2.28. The molecule has 4 nitrogen and oxygen atoms in total. The summed E-state index contributed by atoms with van der Waals surface area (Å²) in [7, 11) is 0. The Morgan fingerprint density at radius 3 is 3.00 bits per heavy atom. The Morgan fingerprint density at radius 1 is 1.24 bits per heavy atom.